The van der Waals surface area contributed by atoms with Gasteiger partial charge in [-0.15, -0.1) is 0 Å². The van der Waals surface area contributed by atoms with E-state index in [0.717, 1.165) is 47.2 Å². The van der Waals surface area contributed by atoms with Gasteiger partial charge in [-0.25, -0.2) is 0 Å². The molecule has 2 fully saturated rings. The number of rotatable bonds is 17. The van der Waals surface area contributed by atoms with Gasteiger partial charge in [-0.2, -0.15) is 12.6 Å². The second-order valence-corrected chi connectivity index (χ2v) is 12.3. The molecule has 2 heteroatoms. The van der Waals surface area contributed by atoms with E-state index < -0.39 is 0 Å². The Hall–Kier alpha value is -0.630. The average Bonchev–Trinajstić information content (AvgIpc) is 2.93. The molecule has 0 bridgehead atoms. The van der Waals surface area contributed by atoms with E-state index in [1.54, 1.807) is 0 Å². The summed E-state index contributed by atoms with van der Waals surface area (Å²) in [7, 11) is 0. The summed E-state index contributed by atoms with van der Waals surface area (Å²) in [5.41, 5.74) is 2.49. The van der Waals surface area contributed by atoms with Crippen molar-refractivity contribution in [3.8, 4) is 0 Å². The van der Waals surface area contributed by atoms with Gasteiger partial charge in [0.25, 0.3) is 0 Å². The van der Waals surface area contributed by atoms with E-state index in [9.17, 15) is 0 Å². The maximum atomic E-state index is 6.27. The molecule has 0 aromatic heterocycles. The third-order valence-electron chi connectivity index (χ3n) is 8.80. The van der Waals surface area contributed by atoms with Crippen molar-refractivity contribution in [3.05, 3.63) is 35.6 Å². The average molecular weight is 533 g/mol. The van der Waals surface area contributed by atoms with E-state index in [4.69, 9.17) is 4.74 Å². The number of thiol groups is 1. The largest absolute Gasteiger partial charge is 0.489 e. The van der Waals surface area contributed by atoms with E-state index >= 15 is 0 Å². The van der Waals surface area contributed by atoms with Crippen LogP contribution >= 0.6 is 12.6 Å². The highest BCUT2D eigenvalue weighted by atomic mass is 32.1. The van der Waals surface area contributed by atoms with Gasteiger partial charge >= 0.3 is 0 Å². The van der Waals surface area contributed by atoms with Crippen molar-refractivity contribution in [3.63, 3.8) is 0 Å². The highest BCUT2D eigenvalue weighted by Gasteiger charge is 2.30. The monoisotopic (exact) mass is 532 g/mol. The summed E-state index contributed by atoms with van der Waals surface area (Å²) in [5.74, 6) is 6.06. The van der Waals surface area contributed by atoms with Crippen LogP contribution in [0.15, 0.2) is 35.6 Å². The van der Waals surface area contributed by atoms with Crippen molar-refractivity contribution in [2.24, 2.45) is 23.7 Å². The van der Waals surface area contributed by atoms with Crippen molar-refractivity contribution in [1.82, 2.24) is 0 Å². The molecule has 0 aromatic rings. The van der Waals surface area contributed by atoms with Gasteiger partial charge in [0.1, 0.15) is 12.4 Å². The SMILES string of the molecule is C=C(C)COC(=C/CC1CCC(C2CCC(CCCCC)CC2)CC1)/C(=C\C)CCCCCCS.CC. The standard InChI is InChI=1S/C33H58OS.C2H6/c1-5-7-10-13-28-15-20-31(21-16-28)32-22-17-29(18-23-32)19-24-33(34-26-27(3)4)30(6-2)14-11-8-9-12-25-35;1-2/h6,24,28-29,31-32,35H,3,5,7-23,25-26H2,1-2,4H3;1-2H3/b30-6-,33-24+;. The van der Waals surface area contributed by atoms with Crippen LogP contribution in [0.1, 0.15) is 150 Å². The molecule has 1 nitrogen and oxygen atoms in total. The minimum Gasteiger partial charge on any atom is -0.489 e. The normalized spacial score (nSPS) is 24.8. The molecule has 0 heterocycles. The molecule has 0 aliphatic heterocycles. The van der Waals surface area contributed by atoms with Crippen LogP contribution in [0.25, 0.3) is 0 Å². The summed E-state index contributed by atoms with van der Waals surface area (Å²) in [6.07, 6.45) is 29.6. The molecule has 37 heavy (non-hydrogen) atoms. The summed E-state index contributed by atoms with van der Waals surface area (Å²) >= 11 is 4.34. The van der Waals surface area contributed by atoms with Crippen molar-refractivity contribution < 1.29 is 4.74 Å². The minimum absolute atomic E-state index is 0.636. The van der Waals surface area contributed by atoms with Crippen LogP contribution in [0.3, 0.4) is 0 Å². The van der Waals surface area contributed by atoms with Gasteiger partial charge in [-0.3, -0.25) is 0 Å². The van der Waals surface area contributed by atoms with Crippen molar-refractivity contribution >= 4 is 12.6 Å². The van der Waals surface area contributed by atoms with Gasteiger partial charge in [0.15, 0.2) is 0 Å². The fourth-order valence-corrected chi connectivity index (χ4v) is 6.70. The van der Waals surface area contributed by atoms with Crippen LogP contribution in [0.2, 0.25) is 0 Å². The topological polar surface area (TPSA) is 9.23 Å². The molecule has 216 valence electrons. The maximum absolute atomic E-state index is 6.27. The molecule has 0 amide bonds. The Morgan fingerprint density at radius 2 is 1.43 bits per heavy atom. The second-order valence-electron chi connectivity index (χ2n) is 11.8. The van der Waals surface area contributed by atoms with Crippen LogP contribution in [0.5, 0.6) is 0 Å². The fraction of sp³-hybridized carbons (Fsp3) is 0.829. The summed E-state index contributed by atoms with van der Waals surface area (Å²) in [6, 6.07) is 0. The summed E-state index contributed by atoms with van der Waals surface area (Å²) in [5, 5.41) is 0. The molecule has 0 N–H and O–H groups in total. The number of hydrogen-bond donors (Lipinski definition) is 1. The Bertz CT molecular complexity index is 617. The molecular formula is C35H64OS. The van der Waals surface area contributed by atoms with Crippen LogP contribution in [0, 0.1) is 23.7 Å². The van der Waals surface area contributed by atoms with Gasteiger partial charge in [0.05, 0.1) is 0 Å². The first-order valence-corrected chi connectivity index (χ1v) is 16.9. The van der Waals surface area contributed by atoms with Gasteiger partial charge in [0, 0.05) is 0 Å². The second kappa shape index (κ2) is 22.2. The Morgan fingerprint density at radius 3 is 1.97 bits per heavy atom. The van der Waals surface area contributed by atoms with E-state index in [0.29, 0.717) is 6.61 Å². The summed E-state index contributed by atoms with van der Waals surface area (Å²) in [4.78, 5) is 0. The van der Waals surface area contributed by atoms with Gasteiger partial charge < -0.3 is 4.74 Å². The number of hydrogen-bond acceptors (Lipinski definition) is 2. The van der Waals surface area contributed by atoms with E-state index in [1.807, 2.05) is 13.8 Å². The van der Waals surface area contributed by atoms with E-state index in [-0.39, 0.29) is 0 Å². The van der Waals surface area contributed by atoms with Gasteiger partial charge in [-0.05, 0) is 125 Å². The molecule has 0 unspecified atom stereocenters. The zero-order valence-electron chi connectivity index (χ0n) is 25.7. The summed E-state index contributed by atoms with van der Waals surface area (Å²) < 4.78 is 6.27. The molecule has 0 saturated heterocycles. The van der Waals surface area contributed by atoms with Crippen molar-refractivity contribution in [1.29, 1.82) is 0 Å². The molecule has 0 radical (unpaired) electrons. The predicted molar refractivity (Wildman–Crippen MR) is 171 cm³/mol. The quantitative estimate of drug-likeness (QED) is 0.0644. The lowest BCUT2D eigenvalue weighted by molar-refractivity contribution is 0.143. The lowest BCUT2D eigenvalue weighted by atomic mass is 9.68. The molecule has 2 rings (SSSR count). The molecule has 2 aliphatic rings. The number of unbranched alkanes of at least 4 members (excludes halogenated alkanes) is 5. The van der Waals surface area contributed by atoms with E-state index in [1.165, 1.54) is 115 Å². The highest BCUT2D eigenvalue weighted by molar-refractivity contribution is 7.80. The molecule has 0 spiro atoms. The van der Waals surface area contributed by atoms with Crippen LogP contribution in [0.4, 0.5) is 0 Å². The Labute approximate surface area is 238 Å². The molecule has 2 aliphatic carbocycles. The molecule has 0 aromatic carbocycles. The highest BCUT2D eigenvalue weighted by Crippen LogP contribution is 2.43. The smallest absolute Gasteiger partial charge is 0.118 e. The minimum atomic E-state index is 0.636. The van der Waals surface area contributed by atoms with Gasteiger partial charge in [0.2, 0.25) is 0 Å². The lowest BCUT2D eigenvalue weighted by Crippen LogP contribution is -2.25. The van der Waals surface area contributed by atoms with Crippen molar-refractivity contribution in [2.45, 2.75) is 150 Å². The van der Waals surface area contributed by atoms with Crippen LogP contribution in [-0.4, -0.2) is 12.4 Å². The number of ether oxygens (including phenoxy) is 1. The lowest BCUT2D eigenvalue weighted by Gasteiger charge is -2.38. The first kappa shape index (κ1) is 34.4. The third-order valence-corrected chi connectivity index (χ3v) is 9.11. The van der Waals surface area contributed by atoms with Gasteiger partial charge in [-0.1, -0.05) is 84.8 Å². The Kier molecular flexibility index (Phi) is 20.7. The fourth-order valence-electron chi connectivity index (χ4n) is 6.47. The first-order valence-electron chi connectivity index (χ1n) is 16.3. The molecular weight excluding hydrogens is 468 g/mol. The van der Waals surface area contributed by atoms with Crippen LogP contribution in [-0.2, 0) is 4.74 Å². The molecule has 2 saturated carbocycles. The third kappa shape index (κ3) is 14.9. The van der Waals surface area contributed by atoms with Crippen LogP contribution < -0.4 is 0 Å². The first-order chi connectivity index (χ1) is 18.1. The van der Waals surface area contributed by atoms with E-state index in [2.05, 4.69) is 52.1 Å². The predicted octanol–water partition coefficient (Wildman–Crippen LogP) is 11.9. The summed E-state index contributed by atoms with van der Waals surface area (Å²) in [6.45, 7) is 15.2. The Morgan fingerprint density at radius 1 is 0.838 bits per heavy atom. The molecule has 0 atom stereocenters. The zero-order chi connectivity index (χ0) is 27.3. The van der Waals surface area contributed by atoms with Crippen molar-refractivity contribution in [2.75, 3.05) is 12.4 Å². The Balaban J connectivity index is 0.00000334. The zero-order valence-corrected chi connectivity index (χ0v) is 26.6. The maximum Gasteiger partial charge on any atom is 0.118 e. The number of allylic oxidation sites excluding steroid dienone is 3.